The van der Waals surface area contributed by atoms with Crippen LogP contribution in [0.2, 0.25) is 0 Å². The van der Waals surface area contributed by atoms with Crippen molar-refractivity contribution in [1.29, 1.82) is 0 Å². The number of nitrogens with zero attached hydrogens (tertiary/aromatic N) is 2. The van der Waals surface area contributed by atoms with Gasteiger partial charge in [0.25, 0.3) is 0 Å². The Bertz CT molecular complexity index is 831. The van der Waals surface area contributed by atoms with Crippen molar-refractivity contribution in [2.45, 2.75) is 45.0 Å². The molecule has 0 spiro atoms. The first-order chi connectivity index (χ1) is 13.1. The lowest BCUT2D eigenvalue weighted by molar-refractivity contribution is -0.137. The molecule has 0 saturated carbocycles. The highest BCUT2D eigenvalue weighted by atomic mass is 32.2. The second-order valence-corrected chi connectivity index (χ2v) is 9.34. The second-order valence-electron chi connectivity index (χ2n) is 7.34. The van der Waals surface area contributed by atoms with Gasteiger partial charge in [0.2, 0.25) is 0 Å². The number of carboxylic acids is 1. The molecule has 1 heterocycles. The molecule has 0 saturated heterocycles. The zero-order valence-electron chi connectivity index (χ0n) is 17.0. The van der Waals surface area contributed by atoms with Crippen LogP contribution in [-0.4, -0.2) is 44.4 Å². The summed E-state index contributed by atoms with van der Waals surface area (Å²) in [6.07, 6.45) is 3.22. The molecule has 9 heteroatoms. The summed E-state index contributed by atoms with van der Waals surface area (Å²) in [6, 6.07) is 3.52. The van der Waals surface area contributed by atoms with E-state index < -0.39 is 22.1 Å². The van der Waals surface area contributed by atoms with E-state index in [1.165, 1.54) is 4.68 Å². The number of benzene rings is 1. The number of hydrogen-bond acceptors (Lipinski definition) is 6. The Hall–Kier alpha value is -2.23. The molecular weight excluding hydrogens is 382 g/mol. The van der Waals surface area contributed by atoms with Crippen LogP contribution >= 0.6 is 0 Å². The van der Waals surface area contributed by atoms with Gasteiger partial charge >= 0.3 is 5.97 Å². The zero-order valence-corrected chi connectivity index (χ0v) is 17.8. The van der Waals surface area contributed by atoms with Crippen molar-refractivity contribution in [3.8, 4) is 22.6 Å². The van der Waals surface area contributed by atoms with Gasteiger partial charge in [-0.3, -0.25) is 9.48 Å². The van der Waals surface area contributed by atoms with Crippen molar-refractivity contribution >= 4 is 17.3 Å². The number of carbonyl (C=O) groups is 1. The van der Waals surface area contributed by atoms with Gasteiger partial charge in [-0.05, 0) is 45.4 Å². The van der Waals surface area contributed by atoms with Crippen molar-refractivity contribution in [1.82, 2.24) is 14.5 Å². The predicted molar refractivity (Wildman–Crippen MR) is 108 cm³/mol. The first kappa shape index (κ1) is 22.1. The molecule has 2 atom stereocenters. The SMILES string of the molecule is COc1cc([C@@H](C)N[S@@+]([O-])C(C)(C)C)cc(-c2cnn(CC(=O)O)c2)c1OC. The molecule has 1 aromatic heterocycles. The van der Waals surface area contributed by atoms with Gasteiger partial charge < -0.3 is 19.1 Å². The van der Waals surface area contributed by atoms with Gasteiger partial charge in [0.1, 0.15) is 11.3 Å². The molecule has 2 aromatic rings. The number of hydrogen-bond donors (Lipinski definition) is 2. The fourth-order valence-corrected chi connectivity index (χ4v) is 3.39. The molecule has 0 aliphatic heterocycles. The maximum absolute atomic E-state index is 12.5. The summed E-state index contributed by atoms with van der Waals surface area (Å²) in [6.45, 7) is 7.39. The van der Waals surface area contributed by atoms with Crippen molar-refractivity contribution in [2.24, 2.45) is 0 Å². The molecule has 0 bridgehead atoms. The van der Waals surface area contributed by atoms with Crippen LogP contribution in [0.25, 0.3) is 11.1 Å². The van der Waals surface area contributed by atoms with Crippen molar-refractivity contribution in [3.05, 3.63) is 30.1 Å². The summed E-state index contributed by atoms with van der Waals surface area (Å²) < 4.78 is 27.5. The largest absolute Gasteiger partial charge is 0.598 e. The smallest absolute Gasteiger partial charge is 0.325 e. The maximum Gasteiger partial charge on any atom is 0.325 e. The number of ether oxygens (including phenoxy) is 2. The van der Waals surface area contributed by atoms with Crippen molar-refractivity contribution < 1.29 is 23.9 Å². The quantitative estimate of drug-likeness (QED) is 0.645. The molecule has 2 N–H and O–H groups in total. The van der Waals surface area contributed by atoms with Gasteiger partial charge in [0.05, 0.1) is 26.5 Å². The average molecular weight is 410 g/mol. The number of aliphatic carboxylic acids is 1. The zero-order chi connectivity index (χ0) is 21.1. The van der Waals surface area contributed by atoms with Crippen LogP contribution in [0.4, 0.5) is 0 Å². The summed E-state index contributed by atoms with van der Waals surface area (Å²) >= 11 is -1.24. The number of nitrogens with one attached hydrogen (secondary N) is 1. The number of aromatic nitrogens is 2. The molecule has 0 unspecified atom stereocenters. The van der Waals surface area contributed by atoms with E-state index in [0.717, 1.165) is 5.56 Å². The van der Waals surface area contributed by atoms with Gasteiger partial charge in [-0.15, -0.1) is 4.72 Å². The van der Waals surface area contributed by atoms with E-state index in [1.807, 2.05) is 39.8 Å². The number of rotatable bonds is 8. The van der Waals surface area contributed by atoms with Crippen LogP contribution in [0.1, 0.15) is 39.3 Å². The molecule has 0 amide bonds. The summed E-state index contributed by atoms with van der Waals surface area (Å²) in [5.41, 5.74) is 2.27. The van der Waals surface area contributed by atoms with Crippen LogP contribution in [0.5, 0.6) is 11.5 Å². The van der Waals surface area contributed by atoms with Gasteiger partial charge in [-0.1, -0.05) is 0 Å². The third-order valence-corrected chi connectivity index (χ3v) is 5.76. The molecule has 2 rings (SSSR count). The summed E-state index contributed by atoms with van der Waals surface area (Å²) in [7, 11) is 3.09. The number of methoxy groups -OCH3 is 2. The molecular formula is C19H27N3O5S. The molecule has 0 aliphatic rings. The third kappa shape index (κ3) is 5.18. The minimum atomic E-state index is -1.24. The third-order valence-electron chi connectivity index (χ3n) is 4.08. The van der Waals surface area contributed by atoms with E-state index in [0.29, 0.717) is 22.6 Å². The minimum Gasteiger partial charge on any atom is -0.598 e. The first-order valence-electron chi connectivity index (χ1n) is 8.75. The average Bonchev–Trinajstić information content (AvgIpc) is 3.06. The Balaban J connectivity index is 2.45. The van der Waals surface area contributed by atoms with Gasteiger partial charge in [-0.2, -0.15) is 5.10 Å². The highest BCUT2D eigenvalue weighted by molar-refractivity contribution is 7.90. The fraction of sp³-hybridized carbons (Fsp3) is 0.474. The van der Waals surface area contributed by atoms with Crippen molar-refractivity contribution in [2.75, 3.05) is 14.2 Å². The van der Waals surface area contributed by atoms with Gasteiger partial charge in [0.15, 0.2) is 11.5 Å². The van der Waals surface area contributed by atoms with Crippen molar-refractivity contribution in [3.63, 3.8) is 0 Å². The Morgan fingerprint density at radius 1 is 1.36 bits per heavy atom. The molecule has 0 fully saturated rings. The van der Waals surface area contributed by atoms with E-state index in [1.54, 1.807) is 26.6 Å². The second kappa shape index (κ2) is 8.85. The van der Waals surface area contributed by atoms with E-state index in [4.69, 9.17) is 14.6 Å². The van der Waals surface area contributed by atoms with E-state index in [9.17, 15) is 9.35 Å². The highest BCUT2D eigenvalue weighted by Crippen LogP contribution is 2.40. The molecule has 8 nitrogen and oxygen atoms in total. The standard InChI is InChI=1S/C19H27N3O5S/c1-12(21-28(25)19(2,3)4)13-7-15(18(27-6)16(8-13)26-5)14-9-20-22(10-14)11-17(23)24/h7-10,12,21H,11H2,1-6H3,(H,23,24)/t12-,28+/m1/s1. The lowest BCUT2D eigenvalue weighted by Gasteiger charge is -2.27. The van der Waals surface area contributed by atoms with E-state index in [-0.39, 0.29) is 12.6 Å². The normalized spacial score (nSPS) is 13.8. The molecule has 154 valence electrons. The van der Waals surface area contributed by atoms with Crippen LogP contribution in [0.15, 0.2) is 24.5 Å². The first-order valence-corrected chi connectivity index (χ1v) is 9.90. The van der Waals surface area contributed by atoms with Gasteiger partial charge in [-0.25, -0.2) is 0 Å². The van der Waals surface area contributed by atoms with Crippen LogP contribution < -0.4 is 14.2 Å². The van der Waals surface area contributed by atoms with Crippen LogP contribution in [-0.2, 0) is 22.7 Å². The molecule has 0 radical (unpaired) electrons. The highest BCUT2D eigenvalue weighted by Gasteiger charge is 2.29. The molecule has 28 heavy (non-hydrogen) atoms. The van der Waals surface area contributed by atoms with Gasteiger partial charge in [0, 0.05) is 28.7 Å². The monoisotopic (exact) mass is 409 g/mol. The predicted octanol–water partition coefficient (Wildman–Crippen LogP) is 2.76. The summed E-state index contributed by atoms with van der Waals surface area (Å²) in [5.74, 6) is 0.0665. The lowest BCUT2D eigenvalue weighted by Crippen LogP contribution is -2.40. The lowest BCUT2D eigenvalue weighted by atomic mass is 10.0. The fourth-order valence-electron chi connectivity index (χ4n) is 2.58. The Morgan fingerprint density at radius 2 is 2.04 bits per heavy atom. The molecule has 1 aromatic carbocycles. The maximum atomic E-state index is 12.5. The summed E-state index contributed by atoms with van der Waals surface area (Å²) in [5, 5.41) is 13.0. The van der Waals surface area contributed by atoms with Crippen LogP contribution in [0, 0.1) is 0 Å². The molecule has 0 aliphatic carbocycles. The Kier molecular flexibility index (Phi) is 6.97. The number of carboxylic acid groups (broad SMARTS) is 1. The van der Waals surface area contributed by atoms with E-state index in [2.05, 4.69) is 9.82 Å². The van der Waals surface area contributed by atoms with Crippen LogP contribution in [0.3, 0.4) is 0 Å². The van der Waals surface area contributed by atoms with E-state index >= 15 is 0 Å². The Morgan fingerprint density at radius 3 is 2.57 bits per heavy atom. The topological polar surface area (TPSA) is 109 Å². The Labute approximate surface area is 168 Å². The summed E-state index contributed by atoms with van der Waals surface area (Å²) in [4.78, 5) is 10.9. The minimum absolute atomic E-state index is 0.215.